The fraction of sp³-hybridized carbons (Fsp3) is 1.00. The van der Waals surface area contributed by atoms with Crippen molar-refractivity contribution < 1.29 is 0 Å². The van der Waals surface area contributed by atoms with Crippen molar-refractivity contribution in [3.63, 3.8) is 0 Å². The van der Waals surface area contributed by atoms with Gasteiger partial charge in [-0.05, 0) is 36.0 Å². The van der Waals surface area contributed by atoms with Crippen LogP contribution in [0.15, 0.2) is 0 Å². The smallest absolute Gasteiger partial charge is 0.0212 e. The molecule has 0 aromatic heterocycles. The van der Waals surface area contributed by atoms with Crippen LogP contribution in [0.4, 0.5) is 0 Å². The fourth-order valence-electron chi connectivity index (χ4n) is 3.27. The molecular formula is C9H16. The molecule has 2 fully saturated rings. The predicted octanol–water partition coefficient (Wildman–Crippen LogP) is 2.83. The topological polar surface area (TPSA) is 0 Å². The SMILES string of the molecule is CC[C@@]12CC[C@]1(C)[C@@H]2C. The van der Waals surface area contributed by atoms with Gasteiger partial charge in [0.05, 0.1) is 0 Å². The second-order valence-electron chi connectivity index (χ2n) is 4.15. The molecule has 2 saturated carbocycles. The summed E-state index contributed by atoms with van der Waals surface area (Å²) in [6.45, 7) is 7.24. The molecule has 2 aliphatic rings. The van der Waals surface area contributed by atoms with E-state index in [9.17, 15) is 0 Å². The lowest BCUT2D eigenvalue weighted by atomic mass is 9.74. The lowest BCUT2D eigenvalue weighted by Gasteiger charge is -2.31. The van der Waals surface area contributed by atoms with E-state index < -0.39 is 0 Å². The molecule has 9 heavy (non-hydrogen) atoms. The van der Waals surface area contributed by atoms with Crippen molar-refractivity contribution in [2.45, 2.75) is 40.0 Å². The zero-order valence-corrected chi connectivity index (χ0v) is 6.70. The van der Waals surface area contributed by atoms with Gasteiger partial charge in [-0.3, -0.25) is 0 Å². The normalized spacial score (nSPS) is 62.3. The highest BCUT2D eigenvalue weighted by Gasteiger charge is 2.75. The lowest BCUT2D eigenvalue weighted by Crippen LogP contribution is -2.21. The monoisotopic (exact) mass is 124 g/mol. The summed E-state index contributed by atoms with van der Waals surface area (Å²) in [5.74, 6) is 1.04. The maximum Gasteiger partial charge on any atom is -0.0212 e. The van der Waals surface area contributed by atoms with Crippen LogP contribution in [0, 0.1) is 16.7 Å². The lowest BCUT2D eigenvalue weighted by molar-refractivity contribution is 0.190. The third-order valence-electron chi connectivity index (χ3n) is 4.56. The Kier molecular flexibility index (Phi) is 0.774. The summed E-state index contributed by atoms with van der Waals surface area (Å²) in [5, 5.41) is 0. The van der Waals surface area contributed by atoms with Crippen LogP contribution in [0.1, 0.15) is 40.0 Å². The summed E-state index contributed by atoms with van der Waals surface area (Å²) >= 11 is 0. The van der Waals surface area contributed by atoms with Crippen LogP contribution in [0.25, 0.3) is 0 Å². The molecule has 2 rings (SSSR count). The Morgan fingerprint density at radius 1 is 1.44 bits per heavy atom. The van der Waals surface area contributed by atoms with Crippen molar-refractivity contribution in [2.75, 3.05) is 0 Å². The van der Waals surface area contributed by atoms with Crippen LogP contribution in [0.2, 0.25) is 0 Å². The number of hydrogen-bond acceptors (Lipinski definition) is 0. The summed E-state index contributed by atoms with van der Waals surface area (Å²) in [6.07, 6.45) is 4.44. The predicted molar refractivity (Wildman–Crippen MR) is 39.2 cm³/mol. The molecule has 3 atom stereocenters. The molecule has 0 unspecified atom stereocenters. The van der Waals surface area contributed by atoms with Gasteiger partial charge < -0.3 is 0 Å². The minimum Gasteiger partial charge on any atom is -0.0648 e. The van der Waals surface area contributed by atoms with Gasteiger partial charge in [0.1, 0.15) is 0 Å². The van der Waals surface area contributed by atoms with Gasteiger partial charge in [-0.2, -0.15) is 0 Å². The van der Waals surface area contributed by atoms with Crippen molar-refractivity contribution >= 4 is 0 Å². The number of rotatable bonds is 1. The van der Waals surface area contributed by atoms with Gasteiger partial charge in [-0.1, -0.05) is 20.8 Å². The van der Waals surface area contributed by atoms with E-state index in [0.29, 0.717) is 0 Å². The van der Waals surface area contributed by atoms with Crippen LogP contribution in [0.5, 0.6) is 0 Å². The van der Waals surface area contributed by atoms with Gasteiger partial charge >= 0.3 is 0 Å². The molecule has 0 nitrogen and oxygen atoms in total. The average Bonchev–Trinajstić information content (AvgIpc) is 2.13. The third-order valence-corrected chi connectivity index (χ3v) is 4.56. The highest BCUT2D eigenvalue weighted by molar-refractivity contribution is 5.23. The third kappa shape index (κ3) is 0.342. The Bertz CT molecular complexity index is 146. The van der Waals surface area contributed by atoms with Crippen molar-refractivity contribution in [2.24, 2.45) is 16.7 Å². The summed E-state index contributed by atoms with van der Waals surface area (Å²) in [7, 11) is 0. The summed E-state index contributed by atoms with van der Waals surface area (Å²) in [6, 6.07) is 0. The Balaban J connectivity index is 2.21. The van der Waals surface area contributed by atoms with Gasteiger partial charge in [0, 0.05) is 0 Å². The Labute approximate surface area is 57.6 Å². The van der Waals surface area contributed by atoms with E-state index >= 15 is 0 Å². The maximum atomic E-state index is 2.46. The van der Waals surface area contributed by atoms with Gasteiger partial charge in [0.15, 0.2) is 0 Å². The first-order valence-electron chi connectivity index (χ1n) is 4.17. The average molecular weight is 124 g/mol. The van der Waals surface area contributed by atoms with Crippen LogP contribution >= 0.6 is 0 Å². The van der Waals surface area contributed by atoms with Crippen LogP contribution in [-0.4, -0.2) is 0 Å². The van der Waals surface area contributed by atoms with Crippen LogP contribution in [0.3, 0.4) is 0 Å². The standard InChI is InChI=1S/C9H16/c1-4-9-6-5-8(9,3)7(9)2/h7H,4-6H2,1-3H3/t7-,8+,9-/m0/s1. The second kappa shape index (κ2) is 1.21. The van der Waals surface area contributed by atoms with Gasteiger partial charge in [-0.15, -0.1) is 0 Å². The summed E-state index contributed by atoms with van der Waals surface area (Å²) in [4.78, 5) is 0. The molecule has 2 aliphatic carbocycles. The fourth-order valence-corrected chi connectivity index (χ4v) is 3.27. The maximum absolute atomic E-state index is 2.46. The molecule has 0 N–H and O–H groups in total. The minimum atomic E-state index is 0.793. The zero-order chi connectivity index (χ0) is 6.70. The molecule has 0 saturated heterocycles. The highest BCUT2D eigenvalue weighted by Crippen LogP contribution is 2.82. The molecule has 0 spiro atoms. The Hall–Kier alpha value is 0. The van der Waals surface area contributed by atoms with Gasteiger partial charge in [0.2, 0.25) is 0 Å². The van der Waals surface area contributed by atoms with E-state index in [-0.39, 0.29) is 0 Å². The molecular weight excluding hydrogens is 108 g/mol. The van der Waals surface area contributed by atoms with Gasteiger partial charge in [0.25, 0.3) is 0 Å². The van der Waals surface area contributed by atoms with E-state index in [1.54, 1.807) is 0 Å². The second-order valence-corrected chi connectivity index (χ2v) is 4.15. The first-order valence-corrected chi connectivity index (χ1v) is 4.17. The van der Waals surface area contributed by atoms with Crippen LogP contribution < -0.4 is 0 Å². The number of fused-ring (bicyclic) bond motifs is 1. The highest BCUT2D eigenvalue weighted by atomic mass is 14.8. The molecule has 0 heterocycles. The van der Waals surface area contributed by atoms with Crippen molar-refractivity contribution in [1.82, 2.24) is 0 Å². The molecule has 0 bridgehead atoms. The number of hydrogen-bond donors (Lipinski definition) is 0. The molecule has 0 aromatic carbocycles. The van der Waals surface area contributed by atoms with Crippen molar-refractivity contribution in [1.29, 1.82) is 0 Å². The first kappa shape index (κ1) is 5.76. The quantitative estimate of drug-likeness (QED) is 0.504. The summed E-state index contributed by atoms with van der Waals surface area (Å²) < 4.78 is 0. The van der Waals surface area contributed by atoms with Gasteiger partial charge in [-0.25, -0.2) is 0 Å². The first-order chi connectivity index (χ1) is 4.17. The molecule has 0 amide bonds. The molecule has 52 valence electrons. The molecule has 0 heteroatoms. The van der Waals surface area contributed by atoms with E-state index in [1.807, 2.05) is 0 Å². The molecule has 0 radical (unpaired) electrons. The van der Waals surface area contributed by atoms with E-state index in [1.165, 1.54) is 19.3 Å². The largest absolute Gasteiger partial charge is 0.0648 e. The van der Waals surface area contributed by atoms with E-state index in [2.05, 4.69) is 20.8 Å². The van der Waals surface area contributed by atoms with E-state index in [4.69, 9.17) is 0 Å². The zero-order valence-electron chi connectivity index (χ0n) is 6.70. The van der Waals surface area contributed by atoms with E-state index in [0.717, 1.165) is 16.7 Å². The van der Waals surface area contributed by atoms with Crippen molar-refractivity contribution in [3.8, 4) is 0 Å². The molecule has 0 aromatic rings. The minimum absolute atomic E-state index is 0.793. The molecule has 0 aliphatic heterocycles. The Morgan fingerprint density at radius 3 is 2.11 bits per heavy atom. The van der Waals surface area contributed by atoms with Crippen LogP contribution in [-0.2, 0) is 0 Å². The summed E-state index contributed by atoms with van der Waals surface area (Å²) in [5.41, 5.74) is 1.62. The Morgan fingerprint density at radius 2 is 2.11 bits per heavy atom. The van der Waals surface area contributed by atoms with Crippen molar-refractivity contribution in [3.05, 3.63) is 0 Å².